The summed E-state index contributed by atoms with van der Waals surface area (Å²) in [5, 5.41) is 4.27. The molecule has 0 aliphatic carbocycles. The second kappa shape index (κ2) is 7.51. The second-order valence-electron chi connectivity index (χ2n) is 6.38. The van der Waals surface area contributed by atoms with Crippen LogP contribution in [0, 0.1) is 5.82 Å². The van der Waals surface area contributed by atoms with E-state index in [0.717, 1.165) is 19.4 Å². The van der Waals surface area contributed by atoms with Gasteiger partial charge in [0.2, 0.25) is 0 Å². The monoisotopic (exact) mass is 338 g/mol. The molecule has 0 radical (unpaired) electrons. The first-order chi connectivity index (χ1) is 12.1. The van der Waals surface area contributed by atoms with Crippen molar-refractivity contribution in [2.75, 3.05) is 0 Å². The van der Waals surface area contributed by atoms with Crippen molar-refractivity contribution < 1.29 is 9.18 Å². The standard InChI is InChI=1S/C21H23FN2O/c1-3-24-14-17(19-6-4-5-7-20(19)24)9-8-15(2)23-21(25)16-10-12-18(22)13-11-16/h4-7,10-15H,3,8-9H2,1-2H3,(H,23,25)/t15-/m0/s1. The molecule has 1 atom stereocenters. The first-order valence-electron chi connectivity index (χ1n) is 8.71. The van der Waals surface area contributed by atoms with Crippen LogP contribution < -0.4 is 5.32 Å². The second-order valence-corrected chi connectivity index (χ2v) is 6.38. The maximum absolute atomic E-state index is 12.9. The summed E-state index contributed by atoms with van der Waals surface area (Å²) in [6.45, 7) is 5.08. The molecule has 1 N–H and O–H groups in total. The van der Waals surface area contributed by atoms with Gasteiger partial charge in [-0.3, -0.25) is 4.79 Å². The zero-order valence-electron chi connectivity index (χ0n) is 14.6. The fraction of sp³-hybridized carbons (Fsp3) is 0.286. The van der Waals surface area contributed by atoms with Crippen molar-refractivity contribution in [2.24, 2.45) is 0 Å². The third kappa shape index (κ3) is 3.90. The molecule has 1 aromatic heterocycles. The molecule has 0 fully saturated rings. The number of fused-ring (bicyclic) bond motifs is 1. The van der Waals surface area contributed by atoms with Crippen LogP contribution >= 0.6 is 0 Å². The lowest BCUT2D eigenvalue weighted by atomic mass is 10.0. The average Bonchev–Trinajstić information content (AvgIpc) is 2.98. The number of hydrogen-bond acceptors (Lipinski definition) is 1. The lowest BCUT2D eigenvalue weighted by Crippen LogP contribution is -2.32. The molecule has 1 heterocycles. The maximum atomic E-state index is 12.9. The average molecular weight is 338 g/mol. The molecule has 2 aromatic carbocycles. The number of halogens is 1. The third-order valence-electron chi connectivity index (χ3n) is 4.54. The smallest absolute Gasteiger partial charge is 0.251 e. The van der Waals surface area contributed by atoms with Crippen LogP contribution in [-0.4, -0.2) is 16.5 Å². The van der Waals surface area contributed by atoms with Gasteiger partial charge in [0.25, 0.3) is 5.91 Å². The molecule has 0 aliphatic heterocycles. The van der Waals surface area contributed by atoms with Crippen LogP contribution in [0.4, 0.5) is 4.39 Å². The molecule has 3 nitrogen and oxygen atoms in total. The van der Waals surface area contributed by atoms with Crippen LogP contribution in [0.1, 0.15) is 36.2 Å². The van der Waals surface area contributed by atoms with Gasteiger partial charge in [-0.2, -0.15) is 0 Å². The number of aromatic nitrogens is 1. The van der Waals surface area contributed by atoms with Gasteiger partial charge < -0.3 is 9.88 Å². The Labute approximate surface area is 147 Å². The van der Waals surface area contributed by atoms with Gasteiger partial charge in [-0.15, -0.1) is 0 Å². The van der Waals surface area contributed by atoms with Gasteiger partial charge in [-0.25, -0.2) is 4.39 Å². The minimum atomic E-state index is -0.336. The highest BCUT2D eigenvalue weighted by Crippen LogP contribution is 2.23. The van der Waals surface area contributed by atoms with E-state index in [4.69, 9.17) is 0 Å². The molecule has 25 heavy (non-hydrogen) atoms. The quantitative estimate of drug-likeness (QED) is 0.703. The summed E-state index contributed by atoms with van der Waals surface area (Å²) >= 11 is 0. The minimum Gasteiger partial charge on any atom is -0.350 e. The van der Waals surface area contributed by atoms with Crippen molar-refractivity contribution in [1.29, 1.82) is 0 Å². The Balaban J connectivity index is 1.63. The van der Waals surface area contributed by atoms with Crippen LogP contribution in [0.3, 0.4) is 0 Å². The molecular formula is C21H23FN2O. The molecule has 0 aliphatic rings. The van der Waals surface area contributed by atoms with E-state index >= 15 is 0 Å². The molecule has 1 amide bonds. The van der Waals surface area contributed by atoms with Gasteiger partial charge in [0, 0.05) is 35.2 Å². The number of nitrogens with zero attached hydrogens (tertiary/aromatic N) is 1. The number of para-hydroxylation sites is 1. The molecular weight excluding hydrogens is 315 g/mol. The SMILES string of the molecule is CCn1cc(CC[C@H](C)NC(=O)c2ccc(F)cc2)c2ccccc21. The summed E-state index contributed by atoms with van der Waals surface area (Å²) in [7, 11) is 0. The van der Waals surface area contributed by atoms with E-state index in [-0.39, 0.29) is 17.8 Å². The zero-order valence-corrected chi connectivity index (χ0v) is 14.6. The number of benzene rings is 2. The molecule has 0 unspecified atom stereocenters. The fourth-order valence-electron chi connectivity index (χ4n) is 3.14. The predicted molar refractivity (Wildman–Crippen MR) is 99.3 cm³/mol. The third-order valence-corrected chi connectivity index (χ3v) is 4.54. The van der Waals surface area contributed by atoms with E-state index in [0.29, 0.717) is 5.56 Å². The Hall–Kier alpha value is -2.62. The zero-order chi connectivity index (χ0) is 17.8. The highest BCUT2D eigenvalue weighted by Gasteiger charge is 2.12. The minimum absolute atomic E-state index is 0.0429. The molecule has 0 saturated carbocycles. The van der Waals surface area contributed by atoms with Gasteiger partial charge in [0.1, 0.15) is 5.82 Å². The molecule has 0 spiro atoms. The van der Waals surface area contributed by atoms with Gasteiger partial charge >= 0.3 is 0 Å². The summed E-state index contributed by atoms with van der Waals surface area (Å²) in [5.41, 5.74) is 3.04. The Morgan fingerprint density at radius 2 is 1.88 bits per heavy atom. The largest absolute Gasteiger partial charge is 0.350 e. The van der Waals surface area contributed by atoms with Gasteiger partial charge in [0.15, 0.2) is 0 Å². The van der Waals surface area contributed by atoms with Crippen molar-refractivity contribution in [3.8, 4) is 0 Å². The summed E-state index contributed by atoms with van der Waals surface area (Å²) in [4.78, 5) is 12.2. The molecule has 3 rings (SSSR count). The summed E-state index contributed by atoms with van der Waals surface area (Å²) in [5.74, 6) is -0.500. The number of hydrogen-bond donors (Lipinski definition) is 1. The molecule has 3 aromatic rings. The van der Waals surface area contributed by atoms with Gasteiger partial charge in [0.05, 0.1) is 0 Å². The lowest BCUT2D eigenvalue weighted by molar-refractivity contribution is 0.0938. The maximum Gasteiger partial charge on any atom is 0.251 e. The molecule has 4 heteroatoms. The molecule has 0 saturated heterocycles. The Morgan fingerprint density at radius 1 is 1.16 bits per heavy atom. The normalized spacial score (nSPS) is 12.3. The van der Waals surface area contributed by atoms with Crippen molar-refractivity contribution in [3.05, 3.63) is 71.7 Å². The van der Waals surface area contributed by atoms with Crippen molar-refractivity contribution in [2.45, 2.75) is 39.3 Å². The Bertz CT molecular complexity index is 867. The highest BCUT2D eigenvalue weighted by molar-refractivity contribution is 5.94. The first-order valence-corrected chi connectivity index (χ1v) is 8.71. The first kappa shape index (κ1) is 17.2. The topological polar surface area (TPSA) is 34.0 Å². The van der Waals surface area contributed by atoms with Crippen molar-refractivity contribution in [3.63, 3.8) is 0 Å². The molecule has 130 valence electrons. The van der Waals surface area contributed by atoms with E-state index in [1.165, 1.54) is 40.7 Å². The summed E-state index contributed by atoms with van der Waals surface area (Å²) < 4.78 is 15.2. The van der Waals surface area contributed by atoms with E-state index in [1.807, 2.05) is 6.92 Å². The Morgan fingerprint density at radius 3 is 2.60 bits per heavy atom. The predicted octanol–water partition coefficient (Wildman–Crippen LogP) is 4.55. The molecule has 0 bridgehead atoms. The van der Waals surface area contributed by atoms with Crippen LogP contribution in [0.2, 0.25) is 0 Å². The van der Waals surface area contributed by atoms with Crippen molar-refractivity contribution in [1.82, 2.24) is 9.88 Å². The van der Waals surface area contributed by atoms with E-state index in [1.54, 1.807) is 0 Å². The van der Waals surface area contributed by atoms with Crippen LogP contribution in [0.5, 0.6) is 0 Å². The van der Waals surface area contributed by atoms with Gasteiger partial charge in [-0.05, 0) is 62.6 Å². The highest BCUT2D eigenvalue weighted by atomic mass is 19.1. The van der Waals surface area contributed by atoms with Crippen LogP contribution in [0.25, 0.3) is 10.9 Å². The summed E-state index contributed by atoms with van der Waals surface area (Å²) in [6.07, 6.45) is 3.96. The van der Waals surface area contributed by atoms with Crippen molar-refractivity contribution >= 4 is 16.8 Å². The Kier molecular flexibility index (Phi) is 5.17. The number of carbonyl (C=O) groups excluding carboxylic acids is 1. The number of aryl methyl sites for hydroxylation is 2. The van der Waals surface area contributed by atoms with E-state index < -0.39 is 0 Å². The van der Waals surface area contributed by atoms with Gasteiger partial charge in [-0.1, -0.05) is 18.2 Å². The van der Waals surface area contributed by atoms with Crippen LogP contribution in [0.15, 0.2) is 54.7 Å². The lowest BCUT2D eigenvalue weighted by Gasteiger charge is -2.13. The number of rotatable bonds is 6. The van der Waals surface area contributed by atoms with E-state index in [2.05, 4.69) is 47.3 Å². The number of amides is 1. The summed E-state index contributed by atoms with van der Waals surface area (Å²) in [6, 6.07) is 14.1. The van der Waals surface area contributed by atoms with E-state index in [9.17, 15) is 9.18 Å². The number of carbonyl (C=O) groups is 1. The van der Waals surface area contributed by atoms with Crippen LogP contribution in [-0.2, 0) is 13.0 Å². The fourth-order valence-corrected chi connectivity index (χ4v) is 3.14. The number of nitrogens with one attached hydrogen (secondary N) is 1.